The highest BCUT2D eigenvalue weighted by molar-refractivity contribution is 4.93. The van der Waals surface area contributed by atoms with Crippen LogP contribution in [0.1, 0.15) is 25.5 Å². The molecule has 4 heterocycles. The fourth-order valence-electron chi connectivity index (χ4n) is 4.45. The molecule has 3 aliphatic rings. The molecule has 0 saturated carbocycles. The summed E-state index contributed by atoms with van der Waals surface area (Å²) in [5.41, 5.74) is 4.32. The zero-order valence-electron chi connectivity index (χ0n) is 18.1. The Balaban J connectivity index is 1.46. The van der Waals surface area contributed by atoms with Crippen LogP contribution in [0, 0.1) is 0 Å². The molecule has 0 radical (unpaired) electrons. The smallest absolute Gasteiger partial charge is 0.330 e. The highest BCUT2D eigenvalue weighted by Crippen LogP contribution is 2.32. The van der Waals surface area contributed by atoms with Crippen LogP contribution in [0.15, 0.2) is 21.9 Å². The third-order valence-corrected chi connectivity index (χ3v) is 6.26. The van der Waals surface area contributed by atoms with E-state index in [1.165, 1.54) is 12.3 Å². The average molecular weight is 472 g/mol. The number of rotatable bonds is 9. The Kier molecular flexibility index (Phi) is 7.94. The molecule has 3 fully saturated rings. The van der Waals surface area contributed by atoms with Crippen molar-refractivity contribution in [2.75, 3.05) is 26.2 Å². The zero-order chi connectivity index (χ0) is 23.5. The SMILES string of the molecule is NC[C@H]1O[C@@H](O[C@@H](CNCC2CCCO2)[C@@H]2C[C@@H](O)[C@H](n3ccc(=O)[nH]c3=O)O2)[C@H](O)[C@@H]1O. The van der Waals surface area contributed by atoms with Crippen molar-refractivity contribution in [3.05, 3.63) is 33.1 Å². The lowest BCUT2D eigenvalue weighted by Crippen LogP contribution is -2.45. The fourth-order valence-corrected chi connectivity index (χ4v) is 4.45. The molecule has 0 amide bonds. The summed E-state index contributed by atoms with van der Waals surface area (Å²) >= 11 is 0. The second-order valence-corrected chi connectivity index (χ2v) is 8.61. The minimum absolute atomic E-state index is 0.00979. The van der Waals surface area contributed by atoms with Gasteiger partial charge in [0.15, 0.2) is 12.5 Å². The summed E-state index contributed by atoms with van der Waals surface area (Å²) in [7, 11) is 0. The van der Waals surface area contributed by atoms with Gasteiger partial charge in [0.05, 0.1) is 18.3 Å². The topological polar surface area (TPSA) is 191 Å². The molecule has 3 aliphatic heterocycles. The standard InChI is InChI=1S/C20H32N4O9/c21-7-13-16(27)17(28)19(32-13)33-14(9-22-8-10-2-1-5-30-10)12-6-11(25)18(31-12)24-4-3-15(26)23-20(24)29/h3-4,10-14,16-19,22,25,27-28H,1-2,5-9,21H2,(H,23,26,29)/t10?,11-,12+,13-,14+,16-,17-,18-,19+/m1/s1. The van der Waals surface area contributed by atoms with E-state index in [1.807, 2.05) is 0 Å². The van der Waals surface area contributed by atoms with E-state index >= 15 is 0 Å². The van der Waals surface area contributed by atoms with Gasteiger partial charge in [0.25, 0.3) is 5.56 Å². The number of ether oxygens (including phenoxy) is 4. The van der Waals surface area contributed by atoms with E-state index in [9.17, 15) is 24.9 Å². The van der Waals surface area contributed by atoms with E-state index in [-0.39, 0.29) is 25.6 Å². The molecule has 7 N–H and O–H groups in total. The fraction of sp³-hybridized carbons (Fsp3) is 0.800. The van der Waals surface area contributed by atoms with Crippen LogP contribution in [0.3, 0.4) is 0 Å². The van der Waals surface area contributed by atoms with Crippen molar-refractivity contribution < 1.29 is 34.3 Å². The molecule has 1 unspecified atom stereocenters. The maximum atomic E-state index is 12.2. The molecule has 13 heteroatoms. The summed E-state index contributed by atoms with van der Waals surface area (Å²) in [6.45, 7) is 1.59. The van der Waals surface area contributed by atoms with E-state index in [2.05, 4.69) is 10.3 Å². The van der Waals surface area contributed by atoms with Crippen molar-refractivity contribution in [3.63, 3.8) is 0 Å². The molecule has 3 saturated heterocycles. The van der Waals surface area contributed by atoms with Gasteiger partial charge in [0.1, 0.15) is 24.4 Å². The highest BCUT2D eigenvalue weighted by Gasteiger charge is 2.46. The van der Waals surface area contributed by atoms with Crippen molar-refractivity contribution in [2.45, 2.75) is 74.5 Å². The van der Waals surface area contributed by atoms with Gasteiger partial charge in [-0.3, -0.25) is 14.3 Å². The minimum Gasteiger partial charge on any atom is -0.388 e. The number of hydrogen-bond acceptors (Lipinski definition) is 11. The lowest BCUT2D eigenvalue weighted by molar-refractivity contribution is -0.213. The van der Waals surface area contributed by atoms with E-state index in [1.54, 1.807) is 0 Å². The molecular weight excluding hydrogens is 440 g/mol. The average Bonchev–Trinajstić information content (AvgIpc) is 3.50. The number of nitrogens with zero attached hydrogens (tertiary/aromatic N) is 1. The van der Waals surface area contributed by atoms with Crippen molar-refractivity contribution >= 4 is 0 Å². The van der Waals surface area contributed by atoms with E-state index in [0.717, 1.165) is 24.0 Å². The Labute approximate surface area is 189 Å². The van der Waals surface area contributed by atoms with Gasteiger partial charge in [-0.1, -0.05) is 0 Å². The first-order chi connectivity index (χ1) is 15.9. The molecule has 1 aromatic rings. The van der Waals surface area contributed by atoms with Crippen LogP contribution in [-0.4, -0.2) is 100 Å². The molecule has 4 rings (SSSR count). The van der Waals surface area contributed by atoms with Gasteiger partial charge in [0, 0.05) is 44.9 Å². The molecule has 1 aromatic heterocycles. The van der Waals surface area contributed by atoms with E-state index in [4.69, 9.17) is 24.7 Å². The third kappa shape index (κ3) is 5.53. The van der Waals surface area contributed by atoms with Crippen molar-refractivity contribution in [1.82, 2.24) is 14.9 Å². The number of nitrogens with two attached hydrogens (primary N) is 1. The van der Waals surface area contributed by atoms with Crippen molar-refractivity contribution in [3.8, 4) is 0 Å². The number of aromatic nitrogens is 2. The predicted molar refractivity (Wildman–Crippen MR) is 112 cm³/mol. The number of hydrogen-bond donors (Lipinski definition) is 6. The molecule has 186 valence electrons. The first-order valence-corrected chi connectivity index (χ1v) is 11.2. The minimum atomic E-state index is -1.30. The van der Waals surface area contributed by atoms with Crippen LogP contribution < -0.4 is 22.3 Å². The predicted octanol–water partition coefficient (Wildman–Crippen LogP) is -3.26. The number of aliphatic hydroxyl groups is 3. The van der Waals surface area contributed by atoms with Gasteiger partial charge < -0.3 is 45.3 Å². The van der Waals surface area contributed by atoms with Crippen LogP contribution >= 0.6 is 0 Å². The summed E-state index contributed by atoms with van der Waals surface area (Å²) < 4.78 is 24.2. The van der Waals surface area contributed by atoms with Crippen LogP contribution in [-0.2, 0) is 18.9 Å². The second-order valence-electron chi connectivity index (χ2n) is 8.61. The summed E-state index contributed by atoms with van der Waals surface area (Å²) in [4.78, 5) is 25.7. The van der Waals surface area contributed by atoms with Crippen LogP contribution in [0.4, 0.5) is 0 Å². The number of aromatic amines is 1. The second kappa shape index (κ2) is 10.7. The molecule has 0 aromatic carbocycles. The number of nitrogens with one attached hydrogen (secondary N) is 2. The molecule has 13 nitrogen and oxygen atoms in total. The first kappa shape index (κ1) is 24.4. The maximum absolute atomic E-state index is 12.2. The van der Waals surface area contributed by atoms with Crippen molar-refractivity contribution in [1.29, 1.82) is 0 Å². The Morgan fingerprint density at radius 2 is 2.09 bits per heavy atom. The van der Waals surface area contributed by atoms with Crippen LogP contribution in [0.25, 0.3) is 0 Å². The Morgan fingerprint density at radius 1 is 1.27 bits per heavy atom. The Hall–Kier alpha value is -1.68. The van der Waals surface area contributed by atoms with E-state index in [0.29, 0.717) is 6.54 Å². The van der Waals surface area contributed by atoms with E-state index < -0.39 is 60.4 Å². The van der Waals surface area contributed by atoms with Gasteiger partial charge in [-0.15, -0.1) is 0 Å². The molecule has 0 spiro atoms. The summed E-state index contributed by atoms with van der Waals surface area (Å²) in [6, 6.07) is 1.17. The molecule has 0 bridgehead atoms. The Bertz CT molecular complexity index is 889. The lowest BCUT2D eigenvalue weighted by atomic mass is 10.1. The van der Waals surface area contributed by atoms with Gasteiger partial charge in [-0.25, -0.2) is 4.79 Å². The van der Waals surface area contributed by atoms with Gasteiger partial charge in [-0.05, 0) is 12.8 Å². The lowest BCUT2D eigenvalue weighted by Gasteiger charge is -2.28. The van der Waals surface area contributed by atoms with Gasteiger partial charge >= 0.3 is 5.69 Å². The summed E-state index contributed by atoms with van der Waals surface area (Å²) in [5.74, 6) is 0. The van der Waals surface area contributed by atoms with Gasteiger partial charge in [-0.2, -0.15) is 0 Å². The largest absolute Gasteiger partial charge is 0.388 e. The molecule has 0 aliphatic carbocycles. The highest BCUT2D eigenvalue weighted by atomic mass is 16.7. The zero-order valence-corrected chi connectivity index (χ0v) is 18.1. The molecule has 33 heavy (non-hydrogen) atoms. The van der Waals surface area contributed by atoms with Crippen LogP contribution in [0.2, 0.25) is 0 Å². The molecule has 9 atom stereocenters. The number of aliphatic hydroxyl groups excluding tert-OH is 3. The first-order valence-electron chi connectivity index (χ1n) is 11.2. The van der Waals surface area contributed by atoms with Crippen molar-refractivity contribution in [2.24, 2.45) is 5.73 Å². The van der Waals surface area contributed by atoms with Gasteiger partial charge in [0.2, 0.25) is 0 Å². The Morgan fingerprint density at radius 3 is 2.76 bits per heavy atom. The number of H-pyrrole nitrogens is 1. The normalized spacial score (nSPS) is 37.6. The third-order valence-electron chi connectivity index (χ3n) is 6.26. The maximum Gasteiger partial charge on any atom is 0.330 e. The quantitative estimate of drug-likeness (QED) is 0.211. The monoisotopic (exact) mass is 472 g/mol. The summed E-state index contributed by atoms with van der Waals surface area (Å²) in [6.07, 6.45) is -4.42. The summed E-state index contributed by atoms with van der Waals surface area (Å²) in [5, 5.41) is 34.3. The molecular formula is C20H32N4O9. The van der Waals surface area contributed by atoms with Crippen LogP contribution in [0.5, 0.6) is 0 Å².